The van der Waals surface area contributed by atoms with Crippen LogP contribution in [0.5, 0.6) is 0 Å². The molecule has 4 nitrogen and oxygen atoms in total. The Hall–Kier alpha value is -1.58. The van der Waals surface area contributed by atoms with Crippen LogP contribution in [0, 0.1) is 0 Å². The highest BCUT2D eigenvalue weighted by atomic mass is 16.1. The zero-order valence-electron chi connectivity index (χ0n) is 8.03. The molecule has 13 heavy (non-hydrogen) atoms. The van der Waals surface area contributed by atoms with Crippen LogP contribution in [-0.2, 0) is 4.79 Å². The molecule has 1 rings (SSSR count). The van der Waals surface area contributed by atoms with Gasteiger partial charge in [-0.3, -0.25) is 4.79 Å². The normalized spacial score (nSPS) is 9.46. The van der Waals surface area contributed by atoms with Crippen molar-refractivity contribution < 1.29 is 4.79 Å². The number of amides is 1. The van der Waals surface area contributed by atoms with E-state index >= 15 is 0 Å². The minimum absolute atomic E-state index is 0.108. The summed E-state index contributed by atoms with van der Waals surface area (Å²) in [5.41, 5.74) is 1.01. The van der Waals surface area contributed by atoms with Crippen molar-refractivity contribution in [1.82, 2.24) is 4.98 Å². The second-order valence-electron chi connectivity index (χ2n) is 2.97. The van der Waals surface area contributed by atoms with Gasteiger partial charge in [0.1, 0.15) is 5.82 Å². The molecule has 1 aromatic rings. The molecule has 0 atom stereocenters. The summed E-state index contributed by atoms with van der Waals surface area (Å²) >= 11 is 0. The third-order valence-electron chi connectivity index (χ3n) is 1.56. The predicted molar refractivity (Wildman–Crippen MR) is 52.9 cm³/mol. The molecule has 1 heterocycles. The SMILES string of the molecule is CC(=O)Nc1cc(N(C)C)ccn1. The molecule has 0 aromatic carbocycles. The maximum Gasteiger partial charge on any atom is 0.222 e. The third kappa shape index (κ3) is 2.74. The topological polar surface area (TPSA) is 45.2 Å². The summed E-state index contributed by atoms with van der Waals surface area (Å²) in [4.78, 5) is 16.7. The van der Waals surface area contributed by atoms with Crippen LogP contribution >= 0.6 is 0 Å². The van der Waals surface area contributed by atoms with Gasteiger partial charge >= 0.3 is 0 Å². The van der Waals surface area contributed by atoms with Crippen LogP contribution in [0.4, 0.5) is 11.5 Å². The van der Waals surface area contributed by atoms with Crippen molar-refractivity contribution in [3.63, 3.8) is 0 Å². The maximum atomic E-state index is 10.7. The minimum atomic E-state index is -0.108. The zero-order chi connectivity index (χ0) is 9.84. The highest BCUT2D eigenvalue weighted by Crippen LogP contribution is 2.13. The Morgan fingerprint density at radius 3 is 2.77 bits per heavy atom. The first kappa shape index (κ1) is 9.51. The minimum Gasteiger partial charge on any atom is -0.378 e. The van der Waals surface area contributed by atoms with E-state index in [4.69, 9.17) is 0 Å². The molecule has 0 aliphatic rings. The summed E-state index contributed by atoms with van der Waals surface area (Å²) in [6.45, 7) is 1.46. The van der Waals surface area contributed by atoms with Gasteiger partial charge in [0.05, 0.1) is 0 Å². The molecule has 1 N–H and O–H groups in total. The van der Waals surface area contributed by atoms with Gasteiger partial charge < -0.3 is 10.2 Å². The van der Waals surface area contributed by atoms with Gasteiger partial charge in [0, 0.05) is 39.0 Å². The van der Waals surface area contributed by atoms with Gasteiger partial charge in [-0.25, -0.2) is 4.98 Å². The summed E-state index contributed by atoms with van der Waals surface area (Å²) < 4.78 is 0. The number of nitrogens with zero attached hydrogens (tertiary/aromatic N) is 2. The molecule has 70 valence electrons. The van der Waals surface area contributed by atoms with Crippen molar-refractivity contribution in [3.05, 3.63) is 18.3 Å². The Bertz CT molecular complexity index is 309. The molecule has 0 aliphatic heterocycles. The Balaban J connectivity index is 2.85. The lowest BCUT2D eigenvalue weighted by Crippen LogP contribution is -2.11. The second kappa shape index (κ2) is 3.89. The highest BCUT2D eigenvalue weighted by Gasteiger charge is 1.99. The van der Waals surface area contributed by atoms with Crippen molar-refractivity contribution in [1.29, 1.82) is 0 Å². The van der Waals surface area contributed by atoms with E-state index in [1.165, 1.54) is 6.92 Å². The number of aromatic nitrogens is 1. The number of nitrogens with one attached hydrogen (secondary N) is 1. The maximum absolute atomic E-state index is 10.7. The van der Waals surface area contributed by atoms with Crippen LogP contribution in [-0.4, -0.2) is 25.0 Å². The highest BCUT2D eigenvalue weighted by molar-refractivity contribution is 5.88. The van der Waals surface area contributed by atoms with Crippen molar-refractivity contribution in [2.45, 2.75) is 6.92 Å². The Labute approximate surface area is 77.6 Å². The van der Waals surface area contributed by atoms with Gasteiger partial charge in [0.2, 0.25) is 5.91 Å². The average molecular weight is 179 g/mol. The van der Waals surface area contributed by atoms with Crippen molar-refractivity contribution in [2.24, 2.45) is 0 Å². The third-order valence-corrected chi connectivity index (χ3v) is 1.56. The first-order valence-electron chi connectivity index (χ1n) is 4.00. The van der Waals surface area contributed by atoms with Crippen molar-refractivity contribution in [3.8, 4) is 0 Å². The summed E-state index contributed by atoms with van der Waals surface area (Å²) in [7, 11) is 3.87. The molecule has 0 unspecified atom stereocenters. The lowest BCUT2D eigenvalue weighted by molar-refractivity contribution is -0.114. The second-order valence-corrected chi connectivity index (χ2v) is 2.97. The molecule has 0 aliphatic carbocycles. The van der Waals surface area contributed by atoms with Gasteiger partial charge in [0.15, 0.2) is 0 Å². The molecule has 1 aromatic heterocycles. The van der Waals surface area contributed by atoms with E-state index in [2.05, 4.69) is 10.3 Å². The van der Waals surface area contributed by atoms with E-state index in [9.17, 15) is 4.79 Å². The number of pyridine rings is 1. The number of anilines is 2. The van der Waals surface area contributed by atoms with Crippen LogP contribution < -0.4 is 10.2 Å². The summed E-state index contributed by atoms with van der Waals surface area (Å²) in [5.74, 6) is 0.474. The monoisotopic (exact) mass is 179 g/mol. The predicted octanol–water partition coefficient (Wildman–Crippen LogP) is 1.11. The quantitative estimate of drug-likeness (QED) is 0.739. The van der Waals surface area contributed by atoms with E-state index in [0.717, 1.165) is 5.69 Å². The fraction of sp³-hybridized carbons (Fsp3) is 0.333. The van der Waals surface area contributed by atoms with Crippen LogP contribution in [0.25, 0.3) is 0 Å². The van der Waals surface area contributed by atoms with Crippen LogP contribution in [0.3, 0.4) is 0 Å². The summed E-state index contributed by atoms with van der Waals surface area (Å²) in [5, 5.41) is 2.62. The standard InChI is InChI=1S/C9H13N3O/c1-7(13)11-9-6-8(12(2)3)4-5-10-9/h4-6H,1-3H3,(H,10,11,13). The van der Waals surface area contributed by atoms with E-state index in [1.54, 1.807) is 6.20 Å². The molecule has 0 saturated heterocycles. The largest absolute Gasteiger partial charge is 0.378 e. The lowest BCUT2D eigenvalue weighted by atomic mass is 10.3. The fourth-order valence-electron chi connectivity index (χ4n) is 0.946. The molecular weight excluding hydrogens is 166 g/mol. The fourth-order valence-corrected chi connectivity index (χ4v) is 0.946. The number of hydrogen-bond acceptors (Lipinski definition) is 3. The molecule has 0 spiro atoms. The molecule has 1 amide bonds. The smallest absolute Gasteiger partial charge is 0.222 e. The summed E-state index contributed by atoms with van der Waals surface area (Å²) in [6.07, 6.45) is 1.67. The van der Waals surface area contributed by atoms with Crippen LogP contribution in [0.15, 0.2) is 18.3 Å². The average Bonchev–Trinajstić information content (AvgIpc) is 2.03. The molecule has 0 radical (unpaired) electrons. The van der Waals surface area contributed by atoms with E-state index < -0.39 is 0 Å². The van der Waals surface area contributed by atoms with Crippen LogP contribution in [0.2, 0.25) is 0 Å². The first-order valence-corrected chi connectivity index (χ1v) is 4.00. The van der Waals surface area contributed by atoms with Crippen molar-refractivity contribution >= 4 is 17.4 Å². The summed E-state index contributed by atoms with van der Waals surface area (Å²) in [6, 6.07) is 3.70. The lowest BCUT2D eigenvalue weighted by Gasteiger charge is -2.12. The number of carbonyl (C=O) groups is 1. The van der Waals surface area contributed by atoms with Crippen molar-refractivity contribution in [2.75, 3.05) is 24.3 Å². The molecular formula is C9H13N3O. The van der Waals surface area contributed by atoms with Gasteiger partial charge in [-0.15, -0.1) is 0 Å². The number of rotatable bonds is 2. The Kier molecular flexibility index (Phi) is 2.84. The van der Waals surface area contributed by atoms with Crippen LogP contribution in [0.1, 0.15) is 6.92 Å². The Morgan fingerprint density at radius 2 is 2.23 bits per heavy atom. The number of carbonyl (C=O) groups excluding carboxylic acids is 1. The zero-order valence-corrected chi connectivity index (χ0v) is 8.03. The molecule has 4 heteroatoms. The molecule has 0 fully saturated rings. The molecule has 0 saturated carbocycles. The Morgan fingerprint density at radius 1 is 1.54 bits per heavy atom. The van der Waals surface area contributed by atoms with E-state index in [0.29, 0.717) is 5.82 Å². The van der Waals surface area contributed by atoms with Gasteiger partial charge in [-0.2, -0.15) is 0 Å². The molecule has 0 bridgehead atoms. The van der Waals surface area contributed by atoms with E-state index in [-0.39, 0.29) is 5.91 Å². The number of hydrogen-bond donors (Lipinski definition) is 1. The first-order chi connectivity index (χ1) is 6.09. The van der Waals surface area contributed by atoms with Gasteiger partial charge in [-0.1, -0.05) is 0 Å². The van der Waals surface area contributed by atoms with Gasteiger partial charge in [0.25, 0.3) is 0 Å². The van der Waals surface area contributed by atoms with E-state index in [1.807, 2.05) is 31.1 Å². The van der Waals surface area contributed by atoms with Gasteiger partial charge in [-0.05, 0) is 6.07 Å².